The van der Waals surface area contributed by atoms with E-state index in [9.17, 15) is 0 Å². The monoisotopic (exact) mass is 295 g/mol. The minimum Gasteiger partial charge on any atom is -0.340 e. The quantitative estimate of drug-likeness (QED) is 0.722. The summed E-state index contributed by atoms with van der Waals surface area (Å²) >= 11 is 5.79. The summed E-state index contributed by atoms with van der Waals surface area (Å²) in [6.07, 6.45) is 2.51. The van der Waals surface area contributed by atoms with Gasteiger partial charge in [0.25, 0.3) is 0 Å². The molecule has 0 atom stereocenters. The lowest BCUT2D eigenvalue weighted by atomic mass is 10.1. The first-order valence-corrected chi connectivity index (χ1v) is 7.06. The molecule has 4 heteroatoms. The van der Waals surface area contributed by atoms with Crippen LogP contribution in [0.15, 0.2) is 66.9 Å². The third kappa shape index (κ3) is 3.80. The summed E-state index contributed by atoms with van der Waals surface area (Å²) in [5.74, 6) is 0.834. The van der Waals surface area contributed by atoms with E-state index in [1.807, 2.05) is 54.6 Å². The van der Waals surface area contributed by atoms with Crippen molar-refractivity contribution in [2.45, 2.75) is 6.42 Å². The van der Waals surface area contributed by atoms with E-state index >= 15 is 0 Å². The van der Waals surface area contributed by atoms with E-state index in [2.05, 4.69) is 15.3 Å². The molecular weight excluding hydrogens is 282 g/mol. The van der Waals surface area contributed by atoms with Gasteiger partial charge in [-0.05, 0) is 35.9 Å². The van der Waals surface area contributed by atoms with Crippen LogP contribution in [0.3, 0.4) is 0 Å². The second-order valence-electron chi connectivity index (χ2n) is 4.67. The molecule has 2 heterocycles. The Morgan fingerprint density at radius 1 is 0.905 bits per heavy atom. The van der Waals surface area contributed by atoms with Crippen molar-refractivity contribution in [2.24, 2.45) is 0 Å². The Kier molecular flexibility index (Phi) is 4.12. The summed E-state index contributed by atoms with van der Waals surface area (Å²) in [4.78, 5) is 8.70. The maximum atomic E-state index is 5.79. The highest BCUT2D eigenvalue weighted by Gasteiger charge is 2.01. The molecule has 0 aliphatic rings. The minimum atomic E-state index is 0.506. The van der Waals surface area contributed by atoms with E-state index in [-0.39, 0.29) is 0 Å². The van der Waals surface area contributed by atoms with Gasteiger partial charge < -0.3 is 5.32 Å². The van der Waals surface area contributed by atoms with E-state index in [1.54, 1.807) is 12.3 Å². The Morgan fingerprint density at radius 2 is 1.76 bits per heavy atom. The molecule has 0 spiro atoms. The number of benzene rings is 1. The average Bonchev–Trinajstić information content (AvgIpc) is 2.51. The second kappa shape index (κ2) is 6.37. The van der Waals surface area contributed by atoms with Gasteiger partial charge in [0, 0.05) is 24.0 Å². The number of anilines is 2. The molecule has 3 rings (SSSR count). The van der Waals surface area contributed by atoms with Gasteiger partial charge in [-0.2, -0.15) is 0 Å². The zero-order valence-corrected chi connectivity index (χ0v) is 12.1. The molecule has 3 nitrogen and oxygen atoms in total. The fourth-order valence-electron chi connectivity index (χ4n) is 2.04. The molecule has 1 aromatic carbocycles. The van der Waals surface area contributed by atoms with Gasteiger partial charge in [0.05, 0.1) is 0 Å². The Labute approximate surface area is 128 Å². The summed E-state index contributed by atoms with van der Waals surface area (Å²) < 4.78 is 0. The highest BCUT2D eigenvalue weighted by molar-refractivity contribution is 6.29. The van der Waals surface area contributed by atoms with Crippen molar-refractivity contribution < 1.29 is 0 Å². The molecule has 0 fully saturated rings. The van der Waals surface area contributed by atoms with Crippen LogP contribution in [0.25, 0.3) is 0 Å². The number of hydrogen-bond acceptors (Lipinski definition) is 3. The van der Waals surface area contributed by atoms with Crippen molar-refractivity contribution in [2.75, 3.05) is 5.32 Å². The Balaban J connectivity index is 1.75. The molecule has 1 N–H and O–H groups in total. The third-order valence-corrected chi connectivity index (χ3v) is 3.25. The van der Waals surface area contributed by atoms with Crippen LogP contribution in [0, 0.1) is 0 Å². The van der Waals surface area contributed by atoms with Crippen molar-refractivity contribution in [1.29, 1.82) is 0 Å². The standard InChI is InChI=1S/C17H14ClN3/c18-16-10-9-13(12-19-16)11-15-7-4-8-17(21-15)20-14-5-2-1-3-6-14/h1-10,12H,11H2,(H,20,21). The normalized spacial score (nSPS) is 10.3. The molecule has 0 unspecified atom stereocenters. The molecule has 0 bridgehead atoms. The van der Waals surface area contributed by atoms with Crippen LogP contribution >= 0.6 is 11.6 Å². The predicted molar refractivity (Wildman–Crippen MR) is 86.0 cm³/mol. The number of hydrogen-bond donors (Lipinski definition) is 1. The van der Waals surface area contributed by atoms with Crippen molar-refractivity contribution in [3.05, 3.63) is 83.3 Å². The molecule has 104 valence electrons. The van der Waals surface area contributed by atoms with Crippen molar-refractivity contribution in [3.63, 3.8) is 0 Å². The van der Waals surface area contributed by atoms with Gasteiger partial charge >= 0.3 is 0 Å². The van der Waals surface area contributed by atoms with Gasteiger partial charge in [-0.15, -0.1) is 0 Å². The van der Waals surface area contributed by atoms with Crippen LogP contribution in [0.2, 0.25) is 5.15 Å². The van der Waals surface area contributed by atoms with E-state index in [0.29, 0.717) is 5.15 Å². The maximum Gasteiger partial charge on any atom is 0.130 e. The number of aromatic nitrogens is 2. The third-order valence-electron chi connectivity index (χ3n) is 3.03. The smallest absolute Gasteiger partial charge is 0.130 e. The zero-order chi connectivity index (χ0) is 14.5. The Bertz CT molecular complexity index is 712. The maximum absolute atomic E-state index is 5.79. The van der Waals surface area contributed by atoms with Crippen molar-refractivity contribution in [3.8, 4) is 0 Å². The van der Waals surface area contributed by atoms with Gasteiger partial charge in [-0.1, -0.05) is 41.9 Å². The van der Waals surface area contributed by atoms with Gasteiger partial charge in [0.1, 0.15) is 11.0 Å². The molecule has 0 radical (unpaired) electrons. The minimum absolute atomic E-state index is 0.506. The van der Waals surface area contributed by atoms with Gasteiger partial charge in [-0.3, -0.25) is 0 Å². The molecule has 3 aromatic rings. The Hall–Kier alpha value is -2.39. The van der Waals surface area contributed by atoms with Crippen LogP contribution in [0.1, 0.15) is 11.3 Å². The lowest BCUT2D eigenvalue weighted by Crippen LogP contribution is -1.98. The largest absolute Gasteiger partial charge is 0.340 e. The number of para-hydroxylation sites is 1. The number of rotatable bonds is 4. The SMILES string of the molecule is Clc1ccc(Cc2cccc(Nc3ccccc3)n2)cn1. The summed E-state index contributed by atoms with van der Waals surface area (Å²) in [5.41, 5.74) is 3.10. The van der Waals surface area contributed by atoms with Crippen LogP contribution in [0.5, 0.6) is 0 Å². The molecular formula is C17H14ClN3. The van der Waals surface area contributed by atoms with Gasteiger partial charge in [-0.25, -0.2) is 9.97 Å². The van der Waals surface area contributed by atoms with Crippen LogP contribution in [0.4, 0.5) is 11.5 Å². The Morgan fingerprint density at radius 3 is 2.52 bits per heavy atom. The number of nitrogens with one attached hydrogen (secondary N) is 1. The predicted octanol–water partition coefficient (Wildman–Crippen LogP) is 4.46. The summed E-state index contributed by atoms with van der Waals surface area (Å²) in [6, 6.07) is 19.7. The average molecular weight is 296 g/mol. The summed E-state index contributed by atoms with van der Waals surface area (Å²) in [5, 5.41) is 3.80. The topological polar surface area (TPSA) is 37.8 Å². The molecule has 0 aliphatic heterocycles. The highest BCUT2D eigenvalue weighted by atomic mass is 35.5. The first-order valence-electron chi connectivity index (χ1n) is 6.68. The first kappa shape index (κ1) is 13.6. The summed E-state index contributed by atoms with van der Waals surface area (Å²) in [7, 11) is 0. The number of halogens is 1. The summed E-state index contributed by atoms with van der Waals surface area (Å²) in [6.45, 7) is 0. The number of pyridine rings is 2. The van der Waals surface area contributed by atoms with Crippen molar-refractivity contribution in [1.82, 2.24) is 9.97 Å². The second-order valence-corrected chi connectivity index (χ2v) is 5.06. The van der Waals surface area contributed by atoms with E-state index in [4.69, 9.17) is 11.6 Å². The van der Waals surface area contributed by atoms with Crippen molar-refractivity contribution >= 4 is 23.1 Å². The highest BCUT2D eigenvalue weighted by Crippen LogP contribution is 2.16. The van der Waals surface area contributed by atoms with Crippen LogP contribution in [-0.4, -0.2) is 9.97 Å². The molecule has 21 heavy (non-hydrogen) atoms. The molecule has 0 saturated heterocycles. The number of nitrogens with zero attached hydrogens (tertiary/aromatic N) is 2. The van der Waals surface area contributed by atoms with Crippen LogP contribution in [-0.2, 0) is 6.42 Å². The van der Waals surface area contributed by atoms with Gasteiger partial charge in [0.2, 0.25) is 0 Å². The molecule has 0 aliphatic carbocycles. The lowest BCUT2D eigenvalue weighted by Gasteiger charge is -2.07. The molecule has 0 saturated carbocycles. The molecule has 0 amide bonds. The fraction of sp³-hybridized carbons (Fsp3) is 0.0588. The van der Waals surface area contributed by atoms with Crippen LogP contribution < -0.4 is 5.32 Å². The molecule has 2 aromatic heterocycles. The lowest BCUT2D eigenvalue weighted by molar-refractivity contribution is 1.06. The van der Waals surface area contributed by atoms with Gasteiger partial charge in [0.15, 0.2) is 0 Å². The fourth-order valence-corrected chi connectivity index (χ4v) is 2.15. The zero-order valence-electron chi connectivity index (χ0n) is 11.3. The van der Waals surface area contributed by atoms with E-state index in [1.165, 1.54) is 0 Å². The first-order chi connectivity index (χ1) is 10.3. The van der Waals surface area contributed by atoms with E-state index < -0.39 is 0 Å². The van der Waals surface area contributed by atoms with E-state index in [0.717, 1.165) is 29.2 Å².